The Bertz CT molecular complexity index is 566. The molecular weight excluding hydrogens is 257 g/mol. The number of hydrogen-bond donors (Lipinski definition) is 1. The van der Waals surface area contributed by atoms with Crippen LogP contribution in [0.15, 0.2) is 22.7 Å². The first-order valence-corrected chi connectivity index (χ1v) is 6.14. The molecule has 2 aromatic rings. The van der Waals surface area contributed by atoms with E-state index in [4.69, 9.17) is 16.1 Å². The summed E-state index contributed by atoms with van der Waals surface area (Å²) in [7, 11) is 0. The summed E-state index contributed by atoms with van der Waals surface area (Å²) in [5, 5.41) is 7.28. The molecule has 3 rings (SSSR count). The molecule has 0 aliphatic carbocycles. The van der Waals surface area contributed by atoms with Crippen molar-refractivity contribution in [2.75, 3.05) is 6.54 Å². The molecule has 0 spiro atoms. The zero-order valence-electron chi connectivity index (χ0n) is 9.49. The lowest BCUT2D eigenvalue weighted by atomic mass is 10.2. The summed E-state index contributed by atoms with van der Waals surface area (Å²) in [5.41, 5.74) is 0.623. The second-order valence-corrected chi connectivity index (χ2v) is 4.64. The third-order valence-electron chi connectivity index (χ3n) is 2.98. The summed E-state index contributed by atoms with van der Waals surface area (Å²) >= 11 is 5.72. The first-order valence-electron chi connectivity index (χ1n) is 5.76. The van der Waals surface area contributed by atoms with Crippen molar-refractivity contribution in [3.63, 3.8) is 0 Å². The van der Waals surface area contributed by atoms with Crippen molar-refractivity contribution >= 4 is 11.6 Å². The van der Waals surface area contributed by atoms with Crippen LogP contribution in [0.4, 0.5) is 4.39 Å². The summed E-state index contributed by atoms with van der Waals surface area (Å²) in [6.07, 6.45) is 2.11. The molecular formula is C12H11ClFN3O. The maximum absolute atomic E-state index is 13.1. The van der Waals surface area contributed by atoms with Gasteiger partial charge < -0.3 is 9.84 Å². The molecule has 0 bridgehead atoms. The monoisotopic (exact) mass is 267 g/mol. The number of halogens is 2. The van der Waals surface area contributed by atoms with Crippen molar-refractivity contribution in [3.05, 3.63) is 34.9 Å². The van der Waals surface area contributed by atoms with Crippen molar-refractivity contribution in [2.24, 2.45) is 0 Å². The molecule has 18 heavy (non-hydrogen) atoms. The first kappa shape index (κ1) is 11.6. The minimum absolute atomic E-state index is 0.0474. The van der Waals surface area contributed by atoms with E-state index in [1.54, 1.807) is 6.07 Å². The minimum atomic E-state index is -0.461. The van der Waals surface area contributed by atoms with Crippen molar-refractivity contribution < 1.29 is 8.91 Å². The smallest absolute Gasteiger partial charge is 0.258 e. The molecule has 1 aliphatic rings. The molecule has 6 heteroatoms. The number of nitrogens with one attached hydrogen (secondary N) is 1. The highest BCUT2D eigenvalue weighted by molar-refractivity contribution is 6.31. The van der Waals surface area contributed by atoms with E-state index in [9.17, 15) is 4.39 Å². The highest BCUT2D eigenvalue weighted by Crippen LogP contribution is 2.26. The zero-order valence-corrected chi connectivity index (χ0v) is 10.2. The van der Waals surface area contributed by atoms with E-state index >= 15 is 0 Å². The Hall–Kier alpha value is -1.46. The molecule has 0 amide bonds. The topological polar surface area (TPSA) is 51.0 Å². The quantitative estimate of drug-likeness (QED) is 0.909. The van der Waals surface area contributed by atoms with Crippen LogP contribution in [0.25, 0.3) is 11.5 Å². The van der Waals surface area contributed by atoms with E-state index in [0.717, 1.165) is 19.4 Å². The van der Waals surface area contributed by atoms with E-state index in [-0.39, 0.29) is 11.1 Å². The van der Waals surface area contributed by atoms with Gasteiger partial charge in [-0.3, -0.25) is 0 Å². The van der Waals surface area contributed by atoms with E-state index in [0.29, 0.717) is 17.3 Å². The van der Waals surface area contributed by atoms with Crippen LogP contribution in [-0.4, -0.2) is 16.7 Å². The van der Waals surface area contributed by atoms with Crippen LogP contribution < -0.4 is 5.32 Å². The number of hydrogen-bond acceptors (Lipinski definition) is 4. The van der Waals surface area contributed by atoms with Gasteiger partial charge in [0, 0.05) is 5.56 Å². The second kappa shape index (κ2) is 4.66. The summed E-state index contributed by atoms with van der Waals surface area (Å²) in [6.45, 7) is 0.969. The van der Waals surface area contributed by atoms with E-state index in [2.05, 4.69) is 15.5 Å². The lowest BCUT2D eigenvalue weighted by Crippen LogP contribution is -2.14. The molecule has 1 saturated heterocycles. The summed E-state index contributed by atoms with van der Waals surface area (Å²) in [5.74, 6) is 0.543. The maximum Gasteiger partial charge on any atom is 0.258 e. The average molecular weight is 268 g/mol. The maximum atomic E-state index is 13.1. The Morgan fingerprint density at radius 1 is 1.44 bits per heavy atom. The Kier molecular flexibility index (Phi) is 3.01. The molecule has 94 valence electrons. The standard InChI is InChI=1S/C12H11ClFN3O/c13-8-6-7(3-4-9(8)14)12-16-11(17-18-12)10-2-1-5-15-10/h3-4,6,10,15H,1-2,5H2. The number of benzene rings is 1. The van der Waals surface area contributed by atoms with Crippen molar-refractivity contribution in [3.8, 4) is 11.5 Å². The molecule has 0 radical (unpaired) electrons. The van der Waals surface area contributed by atoms with Gasteiger partial charge in [0.25, 0.3) is 5.89 Å². The van der Waals surface area contributed by atoms with Crippen molar-refractivity contribution in [1.29, 1.82) is 0 Å². The van der Waals surface area contributed by atoms with Crippen LogP contribution in [0.1, 0.15) is 24.7 Å². The second-order valence-electron chi connectivity index (χ2n) is 4.24. The fourth-order valence-electron chi connectivity index (χ4n) is 2.03. The zero-order chi connectivity index (χ0) is 12.5. The molecule has 1 N–H and O–H groups in total. The first-order chi connectivity index (χ1) is 8.74. The SMILES string of the molecule is Fc1ccc(-c2nc(C3CCCN3)no2)cc1Cl. The summed E-state index contributed by atoms with van der Waals surface area (Å²) in [4.78, 5) is 4.31. The molecule has 1 aromatic heterocycles. The molecule has 0 saturated carbocycles. The van der Waals surface area contributed by atoms with E-state index < -0.39 is 5.82 Å². The molecule has 1 aromatic carbocycles. The van der Waals surface area contributed by atoms with Gasteiger partial charge in [-0.15, -0.1) is 0 Å². The van der Waals surface area contributed by atoms with Gasteiger partial charge in [-0.1, -0.05) is 16.8 Å². The van der Waals surface area contributed by atoms with Crippen LogP contribution in [-0.2, 0) is 0 Å². The average Bonchev–Trinajstić information content (AvgIpc) is 3.01. The Morgan fingerprint density at radius 2 is 2.33 bits per heavy atom. The number of rotatable bonds is 2. The molecule has 1 fully saturated rings. The lowest BCUT2D eigenvalue weighted by Gasteiger charge is -2.01. The molecule has 1 atom stereocenters. The Morgan fingerprint density at radius 3 is 3.06 bits per heavy atom. The summed E-state index contributed by atoms with van der Waals surface area (Å²) in [6, 6.07) is 4.49. The van der Waals surface area contributed by atoms with Crippen LogP contribution in [0.2, 0.25) is 5.02 Å². The fraction of sp³-hybridized carbons (Fsp3) is 0.333. The van der Waals surface area contributed by atoms with Gasteiger partial charge in [0.1, 0.15) is 5.82 Å². The van der Waals surface area contributed by atoms with Gasteiger partial charge in [0.2, 0.25) is 0 Å². The third-order valence-corrected chi connectivity index (χ3v) is 3.27. The van der Waals surface area contributed by atoms with E-state index in [1.165, 1.54) is 12.1 Å². The van der Waals surface area contributed by atoms with Gasteiger partial charge in [0.15, 0.2) is 5.82 Å². The van der Waals surface area contributed by atoms with Crippen LogP contribution in [0, 0.1) is 5.82 Å². The van der Waals surface area contributed by atoms with Crippen LogP contribution >= 0.6 is 11.6 Å². The van der Waals surface area contributed by atoms with Gasteiger partial charge in [-0.05, 0) is 37.6 Å². The summed E-state index contributed by atoms with van der Waals surface area (Å²) < 4.78 is 18.2. The Labute approximate surface area is 108 Å². The van der Waals surface area contributed by atoms with E-state index in [1.807, 2.05) is 0 Å². The normalized spacial score (nSPS) is 19.3. The van der Waals surface area contributed by atoms with Crippen LogP contribution in [0.5, 0.6) is 0 Å². The van der Waals surface area contributed by atoms with Crippen molar-refractivity contribution in [1.82, 2.24) is 15.5 Å². The highest BCUT2D eigenvalue weighted by Gasteiger charge is 2.22. The minimum Gasteiger partial charge on any atom is -0.334 e. The lowest BCUT2D eigenvalue weighted by molar-refractivity contribution is 0.412. The largest absolute Gasteiger partial charge is 0.334 e. The molecule has 1 unspecified atom stereocenters. The molecule has 4 nitrogen and oxygen atoms in total. The number of aromatic nitrogens is 2. The molecule has 1 aliphatic heterocycles. The van der Waals surface area contributed by atoms with Crippen molar-refractivity contribution in [2.45, 2.75) is 18.9 Å². The van der Waals surface area contributed by atoms with Gasteiger partial charge in [0.05, 0.1) is 11.1 Å². The van der Waals surface area contributed by atoms with Gasteiger partial charge in [-0.25, -0.2) is 4.39 Å². The predicted octanol–water partition coefficient (Wildman–Crippen LogP) is 2.95. The predicted molar refractivity (Wildman–Crippen MR) is 64.7 cm³/mol. The fourth-order valence-corrected chi connectivity index (χ4v) is 2.21. The van der Waals surface area contributed by atoms with Crippen LogP contribution in [0.3, 0.4) is 0 Å². The van der Waals surface area contributed by atoms with Gasteiger partial charge in [-0.2, -0.15) is 4.98 Å². The Balaban J connectivity index is 1.89. The van der Waals surface area contributed by atoms with Gasteiger partial charge >= 0.3 is 0 Å². The number of nitrogens with zero attached hydrogens (tertiary/aromatic N) is 2. The third kappa shape index (κ3) is 2.11. The highest BCUT2D eigenvalue weighted by atomic mass is 35.5. The molecule has 2 heterocycles.